The molecule has 0 aliphatic heterocycles. The summed E-state index contributed by atoms with van der Waals surface area (Å²) in [6.45, 7) is 3.66. The molecule has 0 unspecified atom stereocenters. The number of carbonyl (C=O) groups is 3. The summed E-state index contributed by atoms with van der Waals surface area (Å²) in [7, 11) is 0. The molecule has 2 amide bonds. The summed E-state index contributed by atoms with van der Waals surface area (Å²) in [5.74, 6) is 0.138. The number of nitrogens with one attached hydrogen (secondary N) is 2. The van der Waals surface area contributed by atoms with Crippen molar-refractivity contribution in [3.63, 3.8) is 0 Å². The minimum absolute atomic E-state index is 0.0136. The van der Waals surface area contributed by atoms with Gasteiger partial charge in [-0.15, -0.1) is 23.1 Å². The molecule has 0 aliphatic rings. The van der Waals surface area contributed by atoms with E-state index in [9.17, 15) is 14.4 Å². The zero-order valence-electron chi connectivity index (χ0n) is 17.5. The molecule has 2 heterocycles. The fraction of sp³-hybridized carbons (Fsp3) is 0.286. The van der Waals surface area contributed by atoms with Crippen LogP contribution in [0.25, 0.3) is 0 Å². The summed E-state index contributed by atoms with van der Waals surface area (Å²) in [6, 6.07) is 9.14. The number of hydrogen-bond donors (Lipinski definition) is 2. The second-order valence-corrected chi connectivity index (χ2v) is 8.73. The third kappa shape index (κ3) is 7.50. The Labute approximate surface area is 192 Å². The molecule has 168 valence electrons. The maximum absolute atomic E-state index is 12.2. The molecule has 1 aromatic carbocycles. The molecule has 11 heteroatoms. The van der Waals surface area contributed by atoms with Gasteiger partial charge in [-0.25, -0.2) is 4.98 Å². The Kier molecular flexibility index (Phi) is 8.40. The maximum atomic E-state index is 12.2. The first kappa shape index (κ1) is 23.5. The molecule has 2 aromatic heterocycles. The van der Waals surface area contributed by atoms with Crippen molar-refractivity contribution in [3.05, 3.63) is 57.7 Å². The van der Waals surface area contributed by atoms with Crippen LogP contribution in [0.1, 0.15) is 22.0 Å². The number of nitrogens with zero attached hydrogens (tertiary/aromatic N) is 2. The smallest absolute Gasteiger partial charge is 0.316 e. The Bertz CT molecular complexity index is 1100. The van der Waals surface area contributed by atoms with Crippen molar-refractivity contribution in [3.8, 4) is 0 Å². The molecule has 3 aromatic rings. The van der Waals surface area contributed by atoms with Crippen LogP contribution in [0.15, 0.2) is 40.2 Å². The summed E-state index contributed by atoms with van der Waals surface area (Å²) in [5.41, 5.74) is 2.33. The van der Waals surface area contributed by atoms with Crippen LogP contribution in [0, 0.1) is 13.8 Å². The first-order valence-corrected chi connectivity index (χ1v) is 11.7. The van der Waals surface area contributed by atoms with Crippen molar-refractivity contribution in [2.24, 2.45) is 0 Å². The molecule has 0 spiro atoms. The van der Waals surface area contributed by atoms with E-state index in [0.29, 0.717) is 22.3 Å². The molecular formula is C21H22N4O5S2. The van der Waals surface area contributed by atoms with Crippen LogP contribution in [0.2, 0.25) is 0 Å². The van der Waals surface area contributed by atoms with E-state index in [1.807, 2.05) is 31.2 Å². The molecule has 0 saturated carbocycles. The van der Waals surface area contributed by atoms with Crippen molar-refractivity contribution >= 4 is 52.4 Å². The summed E-state index contributed by atoms with van der Waals surface area (Å²) in [5, 5.41) is 11.5. The number of hydrogen-bond acceptors (Lipinski definition) is 9. The lowest BCUT2D eigenvalue weighted by Gasteiger charge is -2.06. The number of ether oxygens (including phenoxy) is 1. The third-order valence-electron chi connectivity index (χ3n) is 4.06. The Morgan fingerprint density at radius 3 is 2.69 bits per heavy atom. The highest BCUT2D eigenvalue weighted by Crippen LogP contribution is 2.16. The van der Waals surface area contributed by atoms with Gasteiger partial charge in [0, 0.05) is 17.1 Å². The maximum Gasteiger partial charge on any atom is 0.316 e. The van der Waals surface area contributed by atoms with Crippen LogP contribution in [-0.2, 0) is 32.1 Å². The van der Waals surface area contributed by atoms with Gasteiger partial charge in [-0.05, 0) is 25.5 Å². The number of aromatic nitrogens is 2. The van der Waals surface area contributed by atoms with Gasteiger partial charge in [-0.3, -0.25) is 14.4 Å². The summed E-state index contributed by atoms with van der Waals surface area (Å²) < 4.78 is 10.0. The number of amides is 2. The summed E-state index contributed by atoms with van der Waals surface area (Å²) >= 11 is 2.46. The van der Waals surface area contributed by atoms with Gasteiger partial charge in [0.1, 0.15) is 17.4 Å². The van der Waals surface area contributed by atoms with Crippen LogP contribution in [0.4, 0.5) is 11.5 Å². The zero-order chi connectivity index (χ0) is 22.9. The Hall–Kier alpha value is -3.18. The molecule has 0 bridgehead atoms. The molecule has 32 heavy (non-hydrogen) atoms. The number of thiazole rings is 1. The lowest BCUT2D eigenvalue weighted by molar-refractivity contribution is -0.141. The van der Waals surface area contributed by atoms with Crippen LogP contribution >= 0.6 is 23.1 Å². The average Bonchev–Trinajstić information content (AvgIpc) is 3.36. The Morgan fingerprint density at radius 2 is 1.94 bits per heavy atom. The highest BCUT2D eigenvalue weighted by Gasteiger charge is 2.12. The van der Waals surface area contributed by atoms with Crippen molar-refractivity contribution in [2.75, 3.05) is 22.1 Å². The van der Waals surface area contributed by atoms with Crippen molar-refractivity contribution in [1.29, 1.82) is 0 Å². The molecular weight excluding hydrogens is 452 g/mol. The molecule has 0 atom stereocenters. The van der Waals surface area contributed by atoms with E-state index < -0.39 is 5.97 Å². The topological polar surface area (TPSA) is 123 Å². The molecule has 0 fully saturated rings. The number of aryl methyl sites for hydroxylation is 2. The quantitative estimate of drug-likeness (QED) is 0.429. The van der Waals surface area contributed by atoms with Gasteiger partial charge in [-0.1, -0.05) is 23.4 Å². The molecule has 0 saturated heterocycles. The minimum atomic E-state index is -0.452. The van der Waals surface area contributed by atoms with Gasteiger partial charge < -0.3 is 19.9 Å². The van der Waals surface area contributed by atoms with E-state index in [1.165, 1.54) is 11.3 Å². The Morgan fingerprint density at radius 1 is 1.12 bits per heavy atom. The predicted octanol–water partition coefficient (Wildman–Crippen LogP) is 3.34. The van der Waals surface area contributed by atoms with Gasteiger partial charge in [0.15, 0.2) is 5.82 Å². The lowest BCUT2D eigenvalue weighted by Crippen LogP contribution is -2.16. The number of anilines is 2. The second-order valence-electron chi connectivity index (χ2n) is 6.80. The van der Waals surface area contributed by atoms with Crippen LogP contribution in [0.5, 0.6) is 0 Å². The van der Waals surface area contributed by atoms with Gasteiger partial charge in [0.2, 0.25) is 11.8 Å². The number of benzene rings is 1. The monoisotopic (exact) mass is 474 g/mol. The normalized spacial score (nSPS) is 10.6. The van der Waals surface area contributed by atoms with E-state index in [4.69, 9.17) is 9.26 Å². The van der Waals surface area contributed by atoms with E-state index >= 15 is 0 Å². The van der Waals surface area contributed by atoms with Gasteiger partial charge in [0.25, 0.3) is 0 Å². The lowest BCUT2D eigenvalue weighted by atomic mass is 10.2. The van der Waals surface area contributed by atoms with Crippen molar-refractivity contribution < 1.29 is 23.6 Å². The van der Waals surface area contributed by atoms with E-state index in [2.05, 4.69) is 20.8 Å². The van der Waals surface area contributed by atoms with Gasteiger partial charge in [0.05, 0.1) is 23.6 Å². The first-order chi connectivity index (χ1) is 15.4. The molecule has 0 radical (unpaired) electrons. The first-order valence-electron chi connectivity index (χ1n) is 9.64. The number of thioether (sulfide) groups is 1. The van der Waals surface area contributed by atoms with Crippen molar-refractivity contribution in [2.45, 2.75) is 26.9 Å². The predicted molar refractivity (Wildman–Crippen MR) is 123 cm³/mol. The largest absolute Gasteiger partial charge is 0.459 e. The summed E-state index contributed by atoms with van der Waals surface area (Å²) in [6.07, 6.45) is 0.142. The van der Waals surface area contributed by atoms with Crippen molar-refractivity contribution in [1.82, 2.24) is 10.1 Å². The SMILES string of the molecule is Cc1cc(NC(=O)CSCC(=O)OCc2csc(CC(=O)Nc3ccccc3C)n2)no1. The fourth-order valence-corrected chi connectivity index (χ4v) is 3.96. The summed E-state index contributed by atoms with van der Waals surface area (Å²) in [4.78, 5) is 40.3. The highest BCUT2D eigenvalue weighted by atomic mass is 32.2. The third-order valence-corrected chi connectivity index (χ3v) is 5.86. The standard InChI is InChI=1S/C21H22N4O5S2/c1-13-5-3-4-6-16(13)23-18(26)8-20-22-15(10-32-20)9-29-21(28)12-31-11-19(27)24-17-7-14(2)30-25-17/h3-7,10H,8-9,11-12H2,1-2H3,(H,23,26)(H,24,25,27). The zero-order valence-corrected chi connectivity index (χ0v) is 19.2. The van der Waals surface area contributed by atoms with Gasteiger partial charge in [-0.2, -0.15) is 0 Å². The average molecular weight is 475 g/mol. The molecule has 3 rings (SSSR count). The highest BCUT2D eigenvalue weighted by molar-refractivity contribution is 8.00. The van der Waals surface area contributed by atoms with E-state index in [-0.39, 0.29) is 36.3 Å². The van der Waals surface area contributed by atoms with E-state index in [0.717, 1.165) is 23.0 Å². The number of para-hydroxylation sites is 1. The van der Waals surface area contributed by atoms with E-state index in [1.54, 1.807) is 18.4 Å². The number of esters is 1. The number of carbonyl (C=O) groups excluding carboxylic acids is 3. The molecule has 9 nitrogen and oxygen atoms in total. The number of rotatable bonds is 10. The molecule has 0 aliphatic carbocycles. The fourth-order valence-electron chi connectivity index (χ4n) is 2.57. The minimum Gasteiger partial charge on any atom is -0.459 e. The molecule has 2 N–H and O–H groups in total. The Balaban J connectivity index is 1.34. The van der Waals surface area contributed by atoms with Crippen LogP contribution < -0.4 is 10.6 Å². The second kappa shape index (κ2) is 11.4. The van der Waals surface area contributed by atoms with Crippen LogP contribution in [-0.4, -0.2) is 39.4 Å². The van der Waals surface area contributed by atoms with Gasteiger partial charge >= 0.3 is 5.97 Å². The van der Waals surface area contributed by atoms with Crippen LogP contribution in [0.3, 0.4) is 0 Å².